The number of alkyl carbamates (subject to hydrolysis) is 1. The second kappa shape index (κ2) is 7.98. The Labute approximate surface area is 141 Å². The van der Waals surface area contributed by atoms with Gasteiger partial charge in [0, 0.05) is 22.2 Å². The monoisotopic (exact) mass is 404 g/mol. The fourth-order valence-electron chi connectivity index (χ4n) is 1.88. The van der Waals surface area contributed by atoms with Gasteiger partial charge >= 0.3 is 6.09 Å². The van der Waals surface area contributed by atoms with Crippen molar-refractivity contribution in [3.63, 3.8) is 0 Å². The summed E-state index contributed by atoms with van der Waals surface area (Å²) in [6.07, 6.45) is -0.377. The highest BCUT2D eigenvalue weighted by Gasteiger charge is 2.17. The van der Waals surface area contributed by atoms with E-state index in [0.29, 0.717) is 6.54 Å². The van der Waals surface area contributed by atoms with Crippen LogP contribution < -0.4 is 10.6 Å². The van der Waals surface area contributed by atoms with Gasteiger partial charge in [-0.15, -0.1) is 0 Å². The number of nitrogens with one attached hydrogen (secondary N) is 2. The largest absolute Gasteiger partial charge is 0.444 e. The number of hydrogen-bond donors (Lipinski definition) is 2. The molecule has 0 aliphatic carbocycles. The molecule has 0 aliphatic heterocycles. The smallest absolute Gasteiger partial charge is 0.407 e. The van der Waals surface area contributed by atoms with Crippen LogP contribution in [0.2, 0.25) is 0 Å². The van der Waals surface area contributed by atoms with Gasteiger partial charge in [-0.05, 0) is 74.9 Å². The zero-order valence-electron chi connectivity index (χ0n) is 13.4. The van der Waals surface area contributed by atoms with E-state index >= 15 is 0 Å². The van der Waals surface area contributed by atoms with E-state index in [1.165, 1.54) is 9.13 Å². The van der Waals surface area contributed by atoms with Gasteiger partial charge in [0.1, 0.15) is 5.60 Å². The van der Waals surface area contributed by atoms with Crippen LogP contribution >= 0.6 is 22.6 Å². The fourth-order valence-corrected chi connectivity index (χ4v) is 2.24. The predicted octanol–water partition coefficient (Wildman–Crippen LogP) is 3.86. The maximum atomic E-state index is 11.6. The molecule has 1 rings (SSSR count). The standard InChI is InChI=1S/C16H25IN2O2/c1-11(10-18-15(20)21-16(3,4)5)19-12(2)13-6-8-14(17)9-7-13/h6-9,11-12,19H,10H2,1-5H3,(H,18,20). The third kappa shape index (κ3) is 7.66. The van der Waals surface area contributed by atoms with Crippen LogP contribution in [-0.2, 0) is 4.74 Å². The molecule has 0 aromatic heterocycles. The molecular formula is C16H25IN2O2. The number of carbonyl (C=O) groups is 1. The Morgan fingerprint density at radius 2 is 1.81 bits per heavy atom. The van der Waals surface area contributed by atoms with E-state index in [4.69, 9.17) is 4.74 Å². The molecule has 2 atom stereocenters. The van der Waals surface area contributed by atoms with E-state index in [2.05, 4.69) is 64.4 Å². The van der Waals surface area contributed by atoms with Crippen LogP contribution in [-0.4, -0.2) is 24.3 Å². The molecule has 4 nitrogen and oxygen atoms in total. The van der Waals surface area contributed by atoms with Gasteiger partial charge in [0.25, 0.3) is 0 Å². The molecule has 0 spiro atoms. The number of amides is 1. The van der Waals surface area contributed by atoms with Gasteiger partial charge in [-0.3, -0.25) is 0 Å². The van der Waals surface area contributed by atoms with Crippen LogP contribution in [0.25, 0.3) is 0 Å². The Hall–Kier alpha value is -0.820. The van der Waals surface area contributed by atoms with Crippen molar-refractivity contribution in [1.82, 2.24) is 10.6 Å². The minimum atomic E-state index is -0.463. The Balaban J connectivity index is 2.38. The summed E-state index contributed by atoms with van der Waals surface area (Å²) in [5.74, 6) is 0. The molecule has 118 valence electrons. The molecule has 0 radical (unpaired) electrons. The molecule has 1 aromatic carbocycles. The van der Waals surface area contributed by atoms with Crippen LogP contribution in [0.3, 0.4) is 0 Å². The zero-order valence-corrected chi connectivity index (χ0v) is 15.5. The first-order chi connectivity index (χ1) is 9.67. The number of carbonyl (C=O) groups excluding carboxylic acids is 1. The topological polar surface area (TPSA) is 50.4 Å². The molecule has 0 fully saturated rings. The van der Waals surface area contributed by atoms with Crippen molar-refractivity contribution in [2.75, 3.05) is 6.54 Å². The van der Waals surface area contributed by atoms with Crippen molar-refractivity contribution < 1.29 is 9.53 Å². The second-order valence-electron chi connectivity index (χ2n) is 6.22. The summed E-state index contributed by atoms with van der Waals surface area (Å²) >= 11 is 2.29. The highest BCUT2D eigenvalue weighted by Crippen LogP contribution is 2.15. The van der Waals surface area contributed by atoms with Gasteiger partial charge in [0.2, 0.25) is 0 Å². The Kier molecular flexibility index (Phi) is 6.93. The summed E-state index contributed by atoms with van der Waals surface area (Å²) in [6.45, 7) is 10.3. The first-order valence-electron chi connectivity index (χ1n) is 7.16. The maximum Gasteiger partial charge on any atom is 0.407 e. The lowest BCUT2D eigenvalue weighted by molar-refractivity contribution is 0.0522. The summed E-state index contributed by atoms with van der Waals surface area (Å²) in [5.41, 5.74) is 0.773. The highest BCUT2D eigenvalue weighted by atomic mass is 127. The second-order valence-corrected chi connectivity index (χ2v) is 7.47. The van der Waals surface area contributed by atoms with Gasteiger partial charge in [0.15, 0.2) is 0 Å². The molecule has 5 heteroatoms. The molecule has 0 heterocycles. The fraction of sp³-hybridized carbons (Fsp3) is 0.562. The number of rotatable bonds is 5. The highest BCUT2D eigenvalue weighted by molar-refractivity contribution is 14.1. The van der Waals surface area contributed by atoms with Crippen molar-refractivity contribution in [2.24, 2.45) is 0 Å². The van der Waals surface area contributed by atoms with Crippen LogP contribution in [0.4, 0.5) is 4.79 Å². The third-order valence-electron chi connectivity index (χ3n) is 2.86. The number of hydrogen-bond acceptors (Lipinski definition) is 3. The van der Waals surface area contributed by atoms with Crippen LogP contribution in [0.5, 0.6) is 0 Å². The number of ether oxygens (including phenoxy) is 1. The summed E-state index contributed by atoms with van der Waals surface area (Å²) < 4.78 is 6.44. The number of halogens is 1. The van der Waals surface area contributed by atoms with Crippen LogP contribution in [0.1, 0.15) is 46.2 Å². The Morgan fingerprint density at radius 3 is 2.33 bits per heavy atom. The van der Waals surface area contributed by atoms with E-state index in [1.807, 2.05) is 27.7 Å². The summed E-state index contributed by atoms with van der Waals surface area (Å²) in [7, 11) is 0. The minimum Gasteiger partial charge on any atom is -0.444 e. The van der Waals surface area contributed by atoms with Gasteiger partial charge < -0.3 is 15.4 Å². The van der Waals surface area contributed by atoms with Crippen molar-refractivity contribution in [3.05, 3.63) is 33.4 Å². The Bertz CT molecular complexity index is 454. The van der Waals surface area contributed by atoms with Crippen molar-refractivity contribution in [3.8, 4) is 0 Å². The predicted molar refractivity (Wildman–Crippen MR) is 94.4 cm³/mol. The summed E-state index contributed by atoms with van der Waals surface area (Å²) in [4.78, 5) is 11.6. The molecule has 0 saturated carbocycles. The molecule has 2 unspecified atom stereocenters. The summed E-state index contributed by atoms with van der Waals surface area (Å²) in [5, 5.41) is 6.24. The Morgan fingerprint density at radius 1 is 1.24 bits per heavy atom. The molecule has 2 N–H and O–H groups in total. The third-order valence-corrected chi connectivity index (χ3v) is 3.58. The molecule has 0 bridgehead atoms. The molecular weight excluding hydrogens is 379 g/mol. The van der Waals surface area contributed by atoms with Crippen molar-refractivity contribution in [1.29, 1.82) is 0 Å². The van der Waals surface area contributed by atoms with E-state index in [9.17, 15) is 4.79 Å². The number of benzene rings is 1. The van der Waals surface area contributed by atoms with E-state index in [1.54, 1.807) is 0 Å². The lowest BCUT2D eigenvalue weighted by Crippen LogP contribution is -2.41. The van der Waals surface area contributed by atoms with Gasteiger partial charge in [-0.25, -0.2) is 4.79 Å². The quantitative estimate of drug-likeness (QED) is 0.733. The van der Waals surface area contributed by atoms with Gasteiger partial charge in [0.05, 0.1) is 0 Å². The van der Waals surface area contributed by atoms with E-state index < -0.39 is 5.60 Å². The average Bonchev–Trinajstić information content (AvgIpc) is 2.35. The first kappa shape index (κ1) is 18.2. The minimum absolute atomic E-state index is 0.159. The molecule has 1 amide bonds. The normalized spacial score (nSPS) is 14.4. The van der Waals surface area contributed by atoms with Crippen molar-refractivity contribution in [2.45, 2.75) is 52.3 Å². The molecule has 1 aromatic rings. The molecule has 0 saturated heterocycles. The first-order valence-corrected chi connectivity index (χ1v) is 8.23. The van der Waals surface area contributed by atoms with Crippen LogP contribution in [0.15, 0.2) is 24.3 Å². The maximum absolute atomic E-state index is 11.6. The molecule has 21 heavy (non-hydrogen) atoms. The zero-order chi connectivity index (χ0) is 16.0. The average molecular weight is 404 g/mol. The van der Waals surface area contributed by atoms with E-state index in [-0.39, 0.29) is 18.2 Å². The van der Waals surface area contributed by atoms with Crippen LogP contribution in [0, 0.1) is 3.57 Å². The molecule has 0 aliphatic rings. The SMILES string of the molecule is CC(CNC(=O)OC(C)(C)C)NC(C)c1ccc(I)cc1. The van der Waals surface area contributed by atoms with Gasteiger partial charge in [-0.2, -0.15) is 0 Å². The van der Waals surface area contributed by atoms with Gasteiger partial charge in [-0.1, -0.05) is 12.1 Å². The van der Waals surface area contributed by atoms with Crippen molar-refractivity contribution >= 4 is 28.7 Å². The lowest BCUT2D eigenvalue weighted by atomic mass is 10.1. The van der Waals surface area contributed by atoms with E-state index in [0.717, 1.165) is 0 Å². The lowest BCUT2D eigenvalue weighted by Gasteiger charge is -2.23. The summed E-state index contributed by atoms with van der Waals surface area (Å²) in [6, 6.07) is 8.82.